The molecule has 0 spiro atoms. The molecule has 0 aromatic carbocycles. The number of nitrogens with one attached hydrogen (secondary N) is 1. The van der Waals surface area contributed by atoms with Crippen LogP contribution in [0.2, 0.25) is 0 Å². The Labute approximate surface area is 118 Å². The Morgan fingerprint density at radius 3 is 2.65 bits per heavy atom. The first-order valence-corrected chi connectivity index (χ1v) is 8.53. The van der Waals surface area contributed by atoms with Gasteiger partial charge in [0.15, 0.2) is 9.84 Å². The van der Waals surface area contributed by atoms with Crippen molar-refractivity contribution in [3.05, 3.63) is 12.2 Å². The first-order chi connectivity index (χ1) is 9.45. The van der Waals surface area contributed by atoms with Gasteiger partial charge in [0, 0.05) is 24.8 Å². The van der Waals surface area contributed by atoms with Gasteiger partial charge in [0.25, 0.3) is 0 Å². The number of aromatic nitrogens is 3. The molecule has 112 valence electrons. The number of amides is 1. The largest absolute Gasteiger partial charge is 0.342 e. The smallest absolute Gasteiger partial charge is 0.240 e. The first-order valence-electron chi connectivity index (χ1n) is 6.81. The number of rotatable bonds is 4. The monoisotopic (exact) mass is 300 g/mol. The summed E-state index contributed by atoms with van der Waals surface area (Å²) >= 11 is 0. The third kappa shape index (κ3) is 3.00. The highest BCUT2D eigenvalue weighted by atomic mass is 32.2. The van der Waals surface area contributed by atoms with Crippen LogP contribution in [-0.4, -0.2) is 58.5 Å². The van der Waals surface area contributed by atoms with Gasteiger partial charge in [-0.25, -0.2) is 13.4 Å². The van der Waals surface area contributed by atoms with E-state index in [1.807, 2.05) is 0 Å². The summed E-state index contributed by atoms with van der Waals surface area (Å²) in [7, 11) is -3.32. The minimum atomic E-state index is -3.32. The van der Waals surface area contributed by atoms with Crippen molar-refractivity contribution in [2.24, 2.45) is 0 Å². The van der Waals surface area contributed by atoms with Gasteiger partial charge in [-0.3, -0.25) is 9.89 Å². The fourth-order valence-corrected chi connectivity index (χ4v) is 3.40. The molecule has 0 saturated carbocycles. The van der Waals surface area contributed by atoms with Gasteiger partial charge < -0.3 is 4.90 Å². The SMILES string of the molecule is CCS(=O)(=O)[C@H](C)C(=O)N1CCC(c2ncn[nH]2)CC1. The van der Waals surface area contributed by atoms with Crippen molar-refractivity contribution in [2.75, 3.05) is 18.8 Å². The fraction of sp³-hybridized carbons (Fsp3) is 0.750. The molecule has 1 amide bonds. The van der Waals surface area contributed by atoms with Crippen molar-refractivity contribution in [3.63, 3.8) is 0 Å². The highest BCUT2D eigenvalue weighted by Crippen LogP contribution is 2.25. The van der Waals surface area contributed by atoms with Crippen molar-refractivity contribution in [1.82, 2.24) is 20.1 Å². The number of piperidine rings is 1. The van der Waals surface area contributed by atoms with Crippen LogP contribution in [0.25, 0.3) is 0 Å². The van der Waals surface area contributed by atoms with Crippen LogP contribution >= 0.6 is 0 Å². The quantitative estimate of drug-likeness (QED) is 0.864. The molecule has 1 aliphatic heterocycles. The van der Waals surface area contributed by atoms with Gasteiger partial charge in [0.05, 0.1) is 0 Å². The fourth-order valence-electron chi connectivity index (χ4n) is 2.45. The van der Waals surface area contributed by atoms with E-state index in [0.717, 1.165) is 18.7 Å². The Kier molecular flexibility index (Phi) is 4.42. The van der Waals surface area contributed by atoms with E-state index in [-0.39, 0.29) is 17.6 Å². The zero-order chi connectivity index (χ0) is 14.8. The molecule has 1 aromatic heterocycles. The van der Waals surface area contributed by atoms with Crippen LogP contribution in [0.4, 0.5) is 0 Å². The van der Waals surface area contributed by atoms with Gasteiger partial charge in [-0.05, 0) is 19.8 Å². The predicted molar refractivity (Wildman–Crippen MR) is 73.9 cm³/mol. The summed E-state index contributed by atoms with van der Waals surface area (Å²) in [6.45, 7) is 4.17. The molecule has 20 heavy (non-hydrogen) atoms. The van der Waals surface area contributed by atoms with E-state index in [1.165, 1.54) is 13.3 Å². The Morgan fingerprint density at radius 2 is 2.15 bits per heavy atom. The lowest BCUT2D eigenvalue weighted by atomic mass is 9.96. The van der Waals surface area contributed by atoms with Crippen LogP contribution in [0.15, 0.2) is 6.33 Å². The minimum Gasteiger partial charge on any atom is -0.342 e. The van der Waals surface area contributed by atoms with E-state index in [0.29, 0.717) is 13.1 Å². The Hall–Kier alpha value is -1.44. The molecule has 0 aliphatic carbocycles. The van der Waals surface area contributed by atoms with Crippen LogP contribution < -0.4 is 0 Å². The van der Waals surface area contributed by atoms with Crippen molar-refractivity contribution in [2.45, 2.75) is 37.9 Å². The van der Waals surface area contributed by atoms with E-state index in [4.69, 9.17) is 0 Å². The number of hydrogen-bond acceptors (Lipinski definition) is 5. The number of aromatic amines is 1. The number of sulfone groups is 1. The van der Waals surface area contributed by atoms with Crippen molar-refractivity contribution in [3.8, 4) is 0 Å². The molecule has 2 heterocycles. The summed E-state index contributed by atoms with van der Waals surface area (Å²) < 4.78 is 23.5. The molecule has 0 unspecified atom stereocenters. The first kappa shape index (κ1) is 15.0. The second-order valence-corrected chi connectivity index (χ2v) is 7.67. The van der Waals surface area contributed by atoms with Gasteiger partial charge in [0.1, 0.15) is 17.4 Å². The second-order valence-electron chi connectivity index (χ2n) is 5.06. The zero-order valence-corrected chi connectivity index (χ0v) is 12.6. The summed E-state index contributed by atoms with van der Waals surface area (Å²) in [5.74, 6) is 0.808. The Balaban J connectivity index is 1.95. The van der Waals surface area contributed by atoms with E-state index in [2.05, 4.69) is 15.2 Å². The van der Waals surface area contributed by atoms with Gasteiger partial charge >= 0.3 is 0 Å². The standard InChI is InChI=1S/C12H20N4O3S/c1-3-20(18,19)9(2)12(17)16-6-4-10(5-7-16)11-13-8-14-15-11/h8-10H,3-7H2,1-2H3,(H,13,14,15)/t9-/m1/s1. The van der Waals surface area contributed by atoms with Crippen molar-refractivity contribution < 1.29 is 13.2 Å². The van der Waals surface area contributed by atoms with Crippen LogP contribution in [0.1, 0.15) is 38.4 Å². The number of carbonyl (C=O) groups excluding carboxylic acids is 1. The molecule has 7 nitrogen and oxygen atoms in total. The number of likely N-dealkylation sites (tertiary alicyclic amines) is 1. The lowest BCUT2D eigenvalue weighted by Gasteiger charge is -2.32. The topological polar surface area (TPSA) is 96.0 Å². The summed E-state index contributed by atoms with van der Waals surface area (Å²) in [4.78, 5) is 18.0. The van der Waals surface area contributed by atoms with Crippen LogP contribution in [-0.2, 0) is 14.6 Å². The molecule has 1 N–H and O–H groups in total. The summed E-state index contributed by atoms with van der Waals surface area (Å²) in [5, 5.41) is 5.72. The molecule has 1 fully saturated rings. The summed E-state index contributed by atoms with van der Waals surface area (Å²) in [6, 6.07) is 0. The maximum Gasteiger partial charge on any atom is 0.240 e. The number of carbonyl (C=O) groups is 1. The van der Waals surface area contributed by atoms with Crippen LogP contribution in [0.5, 0.6) is 0 Å². The Bertz CT molecular complexity index is 547. The molecule has 1 aromatic rings. The average molecular weight is 300 g/mol. The number of hydrogen-bond donors (Lipinski definition) is 1. The summed E-state index contributed by atoms with van der Waals surface area (Å²) in [5.41, 5.74) is 0. The minimum absolute atomic E-state index is 0.00552. The lowest BCUT2D eigenvalue weighted by Crippen LogP contribution is -2.45. The van der Waals surface area contributed by atoms with Gasteiger partial charge in [-0.2, -0.15) is 5.10 Å². The molecule has 0 radical (unpaired) electrons. The zero-order valence-electron chi connectivity index (χ0n) is 11.7. The molecule has 8 heteroatoms. The van der Waals surface area contributed by atoms with Gasteiger partial charge in [-0.1, -0.05) is 6.92 Å². The highest BCUT2D eigenvalue weighted by molar-refractivity contribution is 7.92. The van der Waals surface area contributed by atoms with Crippen molar-refractivity contribution in [1.29, 1.82) is 0 Å². The van der Waals surface area contributed by atoms with Crippen molar-refractivity contribution >= 4 is 15.7 Å². The third-order valence-electron chi connectivity index (χ3n) is 3.92. The third-order valence-corrected chi connectivity index (χ3v) is 6.00. The molecule has 1 atom stereocenters. The molecule has 2 rings (SSSR count). The second kappa shape index (κ2) is 5.90. The lowest BCUT2D eigenvalue weighted by molar-refractivity contribution is -0.131. The molecule has 0 bridgehead atoms. The molecular weight excluding hydrogens is 280 g/mol. The number of nitrogens with zero attached hydrogens (tertiary/aromatic N) is 3. The van der Waals surface area contributed by atoms with E-state index in [1.54, 1.807) is 11.8 Å². The number of H-pyrrole nitrogens is 1. The van der Waals surface area contributed by atoms with Gasteiger partial charge in [-0.15, -0.1) is 0 Å². The predicted octanol–water partition coefficient (Wildman–Crippen LogP) is 0.334. The molecular formula is C12H20N4O3S. The van der Waals surface area contributed by atoms with E-state index in [9.17, 15) is 13.2 Å². The molecule has 1 saturated heterocycles. The maximum absolute atomic E-state index is 12.2. The highest BCUT2D eigenvalue weighted by Gasteiger charge is 2.33. The van der Waals surface area contributed by atoms with E-state index >= 15 is 0 Å². The summed E-state index contributed by atoms with van der Waals surface area (Å²) in [6.07, 6.45) is 3.03. The normalized spacial score (nSPS) is 19.0. The van der Waals surface area contributed by atoms with Crippen LogP contribution in [0, 0.1) is 0 Å². The van der Waals surface area contributed by atoms with Gasteiger partial charge in [0.2, 0.25) is 5.91 Å². The Morgan fingerprint density at radius 1 is 1.50 bits per heavy atom. The molecule has 1 aliphatic rings. The van der Waals surface area contributed by atoms with E-state index < -0.39 is 15.1 Å². The average Bonchev–Trinajstić information content (AvgIpc) is 3.00. The maximum atomic E-state index is 12.2. The van der Waals surface area contributed by atoms with Crippen LogP contribution in [0.3, 0.4) is 0 Å².